The van der Waals surface area contributed by atoms with Crippen LogP contribution in [-0.2, 0) is 6.54 Å². The predicted molar refractivity (Wildman–Crippen MR) is 65.7 cm³/mol. The van der Waals surface area contributed by atoms with Crippen molar-refractivity contribution < 1.29 is 9.18 Å². The molecule has 0 N–H and O–H groups in total. The zero-order valence-corrected chi connectivity index (χ0v) is 10.4. The highest BCUT2D eigenvalue weighted by Crippen LogP contribution is 2.23. The molecule has 1 aromatic carbocycles. The van der Waals surface area contributed by atoms with Crippen LogP contribution in [-0.4, -0.2) is 20.8 Å². The van der Waals surface area contributed by atoms with Gasteiger partial charge in [0.2, 0.25) is 0 Å². The standard InChI is InChI=1S/C13H14FN3O/c1-3-6-17-13(8-15-16-17)11-7-10(9(2)18)4-5-12(11)14/h4-5,7-8H,3,6H2,1-2H3. The first-order valence-corrected chi connectivity index (χ1v) is 5.82. The summed E-state index contributed by atoms with van der Waals surface area (Å²) in [6.07, 6.45) is 2.39. The molecule has 0 aliphatic heterocycles. The molecule has 2 aromatic rings. The Morgan fingerprint density at radius 1 is 1.44 bits per heavy atom. The molecule has 94 valence electrons. The average Bonchev–Trinajstić information content (AvgIpc) is 2.78. The smallest absolute Gasteiger partial charge is 0.159 e. The van der Waals surface area contributed by atoms with Crippen molar-refractivity contribution in [3.05, 3.63) is 35.8 Å². The van der Waals surface area contributed by atoms with Gasteiger partial charge in [-0.3, -0.25) is 4.79 Å². The molecule has 0 spiro atoms. The van der Waals surface area contributed by atoms with Crippen molar-refractivity contribution >= 4 is 5.78 Å². The van der Waals surface area contributed by atoms with Crippen molar-refractivity contribution in [2.45, 2.75) is 26.8 Å². The number of ketones is 1. The minimum absolute atomic E-state index is 0.0919. The topological polar surface area (TPSA) is 47.8 Å². The summed E-state index contributed by atoms with van der Waals surface area (Å²) in [5.41, 5.74) is 1.44. The van der Waals surface area contributed by atoms with Crippen molar-refractivity contribution in [1.82, 2.24) is 15.0 Å². The lowest BCUT2D eigenvalue weighted by atomic mass is 10.1. The van der Waals surface area contributed by atoms with Gasteiger partial charge in [-0.2, -0.15) is 0 Å². The highest BCUT2D eigenvalue weighted by molar-refractivity contribution is 5.95. The Labute approximate surface area is 104 Å². The van der Waals surface area contributed by atoms with Crippen LogP contribution >= 0.6 is 0 Å². The largest absolute Gasteiger partial charge is 0.295 e. The van der Waals surface area contributed by atoms with Gasteiger partial charge < -0.3 is 0 Å². The number of rotatable bonds is 4. The molecule has 0 bridgehead atoms. The molecule has 4 nitrogen and oxygen atoms in total. The van der Waals surface area contributed by atoms with Gasteiger partial charge in [0, 0.05) is 17.7 Å². The Morgan fingerprint density at radius 2 is 2.22 bits per heavy atom. The van der Waals surface area contributed by atoms with Crippen LogP contribution in [0.5, 0.6) is 0 Å². The van der Waals surface area contributed by atoms with E-state index in [2.05, 4.69) is 10.3 Å². The van der Waals surface area contributed by atoms with Crippen LogP contribution < -0.4 is 0 Å². The Morgan fingerprint density at radius 3 is 2.89 bits per heavy atom. The first-order valence-electron chi connectivity index (χ1n) is 5.82. The average molecular weight is 247 g/mol. The van der Waals surface area contributed by atoms with Crippen LogP contribution in [0.2, 0.25) is 0 Å². The van der Waals surface area contributed by atoms with E-state index in [1.807, 2.05) is 6.92 Å². The number of hydrogen-bond acceptors (Lipinski definition) is 3. The minimum Gasteiger partial charge on any atom is -0.295 e. The molecule has 0 fully saturated rings. The first kappa shape index (κ1) is 12.4. The summed E-state index contributed by atoms with van der Waals surface area (Å²) in [4.78, 5) is 11.3. The van der Waals surface area contributed by atoms with E-state index in [0.717, 1.165) is 6.42 Å². The second kappa shape index (κ2) is 5.08. The van der Waals surface area contributed by atoms with Crippen LogP contribution in [0.1, 0.15) is 30.6 Å². The number of benzene rings is 1. The number of Topliss-reactive ketones (excluding diaryl/α,β-unsaturated/α-hetero) is 1. The molecular weight excluding hydrogens is 233 g/mol. The predicted octanol–water partition coefficient (Wildman–Crippen LogP) is 2.70. The summed E-state index contributed by atoms with van der Waals surface area (Å²) in [6, 6.07) is 4.33. The molecule has 0 saturated heterocycles. The third kappa shape index (κ3) is 2.30. The number of carbonyl (C=O) groups is 1. The minimum atomic E-state index is -0.375. The van der Waals surface area contributed by atoms with Gasteiger partial charge in [-0.1, -0.05) is 12.1 Å². The lowest BCUT2D eigenvalue weighted by molar-refractivity contribution is 0.101. The lowest BCUT2D eigenvalue weighted by Crippen LogP contribution is -2.03. The van der Waals surface area contributed by atoms with Crippen LogP contribution in [0.4, 0.5) is 4.39 Å². The molecular formula is C13H14FN3O. The maximum absolute atomic E-state index is 13.8. The summed E-state index contributed by atoms with van der Waals surface area (Å²) in [5, 5.41) is 7.71. The SMILES string of the molecule is CCCn1nncc1-c1cc(C(C)=O)ccc1F. The van der Waals surface area contributed by atoms with Crippen molar-refractivity contribution in [2.24, 2.45) is 0 Å². The first-order chi connectivity index (χ1) is 8.63. The normalized spacial score (nSPS) is 10.6. The van der Waals surface area contributed by atoms with E-state index in [1.54, 1.807) is 10.7 Å². The third-order valence-corrected chi connectivity index (χ3v) is 2.70. The van der Waals surface area contributed by atoms with E-state index < -0.39 is 0 Å². The van der Waals surface area contributed by atoms with Gasteiger partial charge in [0.15, 0.2) is 5.78 Å². The zero-order chi connectivity index (χ0) is 13.1. The summed E-state index contributed by atoms with van der Waals surface area (Å²) < 4.78 is 15.5. The van der Waals surface area contributed by atoms with Gasteiger partial charge in [0.1, 0.15) is 5.82 Å². The van der Waals surface area contributed by atoms with Gasteiger partial charge in [-0.25, -0.2) is 9.07 Å². The fourth-order valence-electron chi connectivity index (χ4n) is 1.78. The van der Waals surface area contributed by atoms with Crippen LogP contribution in [0.15, 0.2) is 24.4 Å². The lowest BCUT2D eigenvalue weighted by Gasteiger charge is -2.07. The molecule has 0 unspecified atom stereocenters. The number of halogens is 1. The van der Waals surface area contributed by atoms with E-state index in [1.165, 1.54) is 25.3 Å². The van der Waals surface area contributed by atoms with Crippen LogP contribution in [0, 0.1) is 5.82 Å². The molecule has 0 amide bonds. The van der Waals surface area contributed by atoms with E-state index in [-0.39, 0.29) is 11.6 Å². The fraction of sp³-hybridized carbons (Fsp3) is 0.308. The molecule has 1 aromatic heterocycles. The molecule has 0 atom stereocenters. The van der Waals surface area contributed by atoms with Crippen molar-refractivity contribution in [2.75, 3.05) is 0 Å². The molecule has 0 aliphatic carbocycles. The van der Waals surface area contributed by atoms with E-state index in [0.29, 0.717) is 23.4 Å². The maximum atomic E-state index is 13.8. The number of nitrogens with zero attached hydrogens (tertiary/aromatic N) is 3. The quantitative estimate of drug-likeness (QED) is 0.780. The van der Waals surface area contributed by atoms with Gasteiger partial charge in [-0.05, 0) is 31.5 Å². The molecule has 0 aliphatic rings. The Kier molecular flexibility index (Phi) is 3.50. The number of carbonyl (C=O) groups excluding carboxylic acids is 1. The van der Waals surface area contributed by atoms with E-state index in [4.69, 9.17) is 0 Å². The molecule has 2 rings (SSSR count). The van der Waals surface area contributed by atoms with Crippen LogP contribution in [0.3, 0.4) is 0 Å². The van der Waals surface area contributed by atoms with E-state index >= 15 is 0 Å². The molecule has 18 heavy (non-hydrogen) atoms. The molecule has 1 heterocycles. The van der Waals surface area contributed by atoms with Gasteiger partial charge in [0.05, 0.1) is 11.9 Å². The third-order valence-electron chi connectivity index (χ3n) is 2.70. The number of aryl methyl sites for hydroxylation is 1. The van der Waals surface area contributed by atoms with Crippen LogP contribution in [0.25, 0.3) is 11.3 Å². The monoisotopic (exact) mass is 247 g/mol. The van der Waals surface area contributed by atoms with E-state index in [9.17, 15) is 9.18 Å². The van der Waals surface area contributed by atoms with Crippen molar-refractivity contribution in [3.8, 4) is 11.3 Å². The van der Waals surface area contributed by atoms with Crippen molar-refractivity contribution in [1.29, 1.82) is 0 Å². The van der Waals surface area contributed by atoms with Gasteiger partial charge >= 0.3 is 0 Å². The maximum Gasteiger partial charge on any atom is 0.159 e. The highest BCUT2D eigenvalue weighted by atomic mass is 19.1. The highest BCUT2D eigenvalue weighted by Gasteiger charge is 2.13. The molecule has 0 saturated carbocycles. The molecule has 0 radical (unpaired) electrons. The number of aromatic nitrogens is 3. The summed E-state index contributed by atoms with van der Waals surface area (Å²) in [7, 11) is 0. The Hall–Kier alpha value is -2.04. The Balaban J connectivity index is 2.52. The fourth-order valence-corrected chi connectivity index (χ4v) is 1.78. The summed E-state index contributed by atoms with van der Waals surface area (Å²) >= 11 is 0. The van der Waals surface area contributed by atoms with Crippen molar-refractivity contribution in [3.63, 3.8) is 0 Å². The van der Waals surface area contributed by atoms with Gasteiger partial charge in [-0.15, -0.1) is 5.10 Å². The van der Waals surface area contributed by atoms with Gasteiger partial charge in [0.25, 0.3) is 0 Å². The Bertz CT molecular complexity index is 577. The second-order valence-corrected chi connectivity index (χ2v) is 4.09. The summed E-state index contributed by atoms with van der Waals surface area (Å²) in [6.45, 7) is 4.13. The summed E-state index contributed by atoms with van der Waals surface area (Å²) in [5.74, 6) is -0.467. The second-order valence-electron chi connectivity index (χ2n) is 4.09. The zero-order valence-electron chi connectivity index (χ0n) is 10.4. The number of hydrogen-bond donors (Lipinski definition) is 0. The molecule has 5 heteroatoms.